The lowest BCUT2D eigenvalue weighted by molar-refractivity contribution is 0.0700. The fraction of sp³-hybridized carbons (Fsp3) is 0.343. The second kappa shape index (κ2) is 10.2. The first kappa shape index (κ1) is 27.8. The van der Waals surface area contributed by atoms with Crippen LogP contribution in [-0.2, 0) is 13.6 Å². The van der Waals surface area contributed by atoms with Crippen LogP contribution in [0.1, 0.15) is 46.4 Å². The van der Waals surface area contributed by atoms with E-state index in [1.807, 2.05) is 46.8 Å². The van der Waals surface area contributed by atoms with E-state index in [1.165, 1.54) is 6.07 Å². The normalized spacial score (nSPS) is 20.9. The quantitative estimate of drug-likeness (QED) is 0.268. The van der Waals surface area contributed by atoms with Gasteiger partial charge in [0.2, 0.25) is 5.91 Å². The molecule has 2 bridgehead atoms. The zero-order valence-corrected chi connectivity index (χ0v) is 25.3. The Balaban J connectivity index is 1.27. The van der Waals surface area contributed by atoms with E-state index in [9.17, 15) is 9.59 Å². The van der Waals surface area contributed by atoms with Crippen molar-refractivity contribution in [2.45, 2.75) is 44.3 Å². The van der Waals surface area contributed by atoms with Crippen LogP contribution in [0.2, 0.25) is 0 Å². The standard InChI is InChI=1S/C35H35FN6O3/c1-40-32-26(13-22(15-29(32)45-2)35(44)42-17-21-9-11-27(42)30(21)37)39-34(40)28-14-19-4-3-5-24(31(19)41(28)16-18-6-7-18)23-10-8-20(33(38)43)12-25(23)36/h3-5,8,10,12-15,18,21,27,30H,6-7,9,11,16-17,37H2,1-2H3,(H2,38,43)/t21-,27-,30?/m1/s1. The Morgan fingerprint density at radius 3 is 2.49 bits per heavy atom. The van der Waals surface area contributed by atoms with Gasteiger partial charge in [-0.15, -0.1) is 0 Å². The van der Waals surface area contributed by atoms with Gasteiger partial charge >= 0.3 is 0 Å². The summed E-state index contributed by atoms with van der Waals surface area (Å²) in [5.74, 6) is 0.967. The van der Waals surface area contributed by atoms with Gasteiger partial charge in [0.15, 0.2) is 5.82 Å². The molecule has 3 aliphatic rings. The summed E-state index contributed by atoms with van der Waals surface area (Å²) in [6.45, 7) is 1.45. The van der Waals surface area contributed by atoms with Crippen molar-refractivity contribution in [2.24, 2.45) is 30.4 Å². The number of nitrogens with zero attached hydrogens (tertiary/aromatic N) is 4. The second-order valence-electron chi connectivity index (χ2n) is 12.9. The van der Waals surface area contributed by atoms with E-state index >= 15 is 4.39 Å². The zero-order valence-electron chi connectivity index (χ0n) is 25.3. The molecule has 2 aromatic heterocycles. The molecule has 9 nitrogen and oxygen atoms in total. The first-order chi connectivity index (χ1) is 21.7. The summed E-state index contributed by atoms with van der Waals surface area (Å²) in [7, 11) is 3.56. The smallest absolute Gasteiger partial charge is 0.254 e. The molecule has 4 N–H and O–H groups in total. The van der Waals surface area contributed by atoms with Gasteiger partial charge in [-0.3, -0.25) is 9.59 Å². The van der Waals surface area contributed by atoms with Crippen molar-refractivity contribution in [1.82, 2.24) is 19.0 Å². The topological polar surface area (TPSA) is 121 Å². The van der Waals surface area contributed by atoms with Gasteiger partial charge in [0.25, 0.3) is 5.91 Å². The summed E-state index contributed by atoms with van der Waals surface area (Å²) in [5, 5.41) is 0.955. The highest BCUT2D eigenvalue weighted by Gasteiger charge is 2.47. The number of amides is 2. The Morgan fingerprint density at radius 2 is 1.82 bits per heavy atom. The molecule has 3 heterocycles. The van der Waals surface area contributed by atoms with Crippen molar-refractivity contribution in [3.8, 4) is 28.4 Å². The molecular weight excluding hydrogens is 571 g/mol. The molecular formula is C35H35FN6O3. The van der Waals surface area contributed by atoms with Gasteiger partial charge in [-0.2, -0.15) is 0 Å². The number of likely N-dealkylation sites (tertiary alicyclic amines) is 1. The SMILES string of the molecule is COc1cc(C(=O)N2C[C@H]3CC[C@@H]2C3N)cc2nc(-c3cc4cccc(-c5ccc(C(N)=O)cc5F)c4n3CC3CC3)n(C)c12. The Morgan fingerprint density at radius 1 is 1.00 bits per heavy atom. The van der Waals surface area contributed by atoms with Gasteiger partial charge in [-0.05, 0) is 67.9 Å². The molecule has 45 heavy (non-hydrogen) atoms. The van der Waals surface area contributed by atoms with Crippen LogP contribution in [-0.4, -0.2) is 56.6 Å². The largest absolute Gasteiger partial charge is 0.494 e. The van der Waals surface area contributed by atoms with Gasteiger partial charge < -0.3 is 30.2 Å². The maximum absolute atomic E-state index is 15.4. The highest BCUT2D eigenvalue weighted by Crippen LogP contribution is 2.42. The summed E-state index contributed by atoms with van der Waals surface area (Å²) in [5.41, 5.74) is 16.9. The number of rotatable bonds is 7. The Labute approximate surface area is 259 Å². The third-order valence-electron chi connectivity index (χ3n) is 10.1. The molecule has 1 saturated heterocycles. The van der Waals surface area contributed by atoms with Crippen LogP contribution in [0.3, 0.4) is 0 Å². The van der Waals surface area contributed by atoms with Crippen molar-refractivity contribution >= 4 is 33.8 Å². The summed E-state index contributed by atoms with van der Waals surface area (Å²) >= 11 is 0. The molecule has 10 heteroatoms. The van der Waals surface area contributed by atoms with Crippen molar-refractivity contribution in [2.75, 3.05) is 13.7 Å². The molecule has 2 saturated carbocycles. The Kier molecular flexibility index (Phi) is 6.29. The number of para-hydroxylation sites is 1. The number of piperidine rings is 1. The van der Waals surface area contributed by atoms with Gasteiger partial charge in [-0.25, -0.2) is 9.37 Å². The van der Waals surface area contributed by atoms with E-state index in [0.717, 1.165) is 65.7 Å². The van der Waals surface area contributed by atoms with Crippen molar-refractivity contribution in [3.63, 3.8) is 0 Å². The van der Waals surface area contributed by atoms with Crippen LogP contribution in [0.4, 0.5) is 4.39 Å². The molecule has 3 aromatic carbocycles. The van der Waals surface area contributed by atoms with E-state index in [2.05, 4.69) is 10.6 Å². The van der Waals surface area contributed by atoms with Crippen molar-refractivity contribution in [3.05, 3.63) is 71.5 Å². The van der Waals surface area contributed by atoms with Gasteiger partial charge in [0.1, 0.15) is 17.1 Å². The monoisotopic (exact) mass is 606 g/mol. The molecule has 1 aliphatic heterocycles. The third-order valence-corrected chi connectivity index (χ3v) is 10.1. The van der Waals surface area contributed by atoms with Crippen LogP contribution in [0.25, 0.3) is 44.6 Å². The first-order valence-electron chi connectivity index (χ1n) is 15.6. The fourth-order valence-corrected chi connectivity index (χ4v) is 7.63. The number of methoxy groups -OCH3 is 1. The molecule has 0 spiro atoms. The minimum atomic E-state index is -0.670. The Hall–Kier alpha value is -4.70. The summed E-state index contributed by atoms with van der Waals surface area (Å²) < 4.78 is 25.5. The molecule has 3 fully saturated rings. The number of hydrogen-bond donors (Lipinski definition) is 2. The molecule has 8 rings (SSSR count). The third kappa shape index (κ3) is 4.34. The maximum Gasteiger partial charge on any atom is 0.254 e. The van der Waals surface area contributed by atoms with Crippen molar-refractivity contribution in [1.29, 1.82) is 0 Å². The molecule has 230 valence electrons. The lowest BCUT2D eigenvalue weighted by Crippen LogP contribution is -2.41. The van der Waals surface area contributed by atoms with Gasteiger partial charge in [-0.1, -0.05) is 24.3 Å². The van der Waals surface area contributed by atoms with E-state index in [-0.39, 0.29) is 23.6 Å². The number of carbonyl (C=O) groups excluding carboxylic acids is 2. The van der Waals surface area contributed by atoms with Crippen LogP contribution >= 0.6 is 0 Å². The molecule has 5 aromatic rings. The number of imidazole rings is 1. The molecule has 2 amide bonds. The lowest BCUT2D eigenvalue weighted by Gasteiger charge is -2.27. The minimum Gasteiger partial charge on any atom is -0.494 e. The number of fused-ring (bicyclic) bond motifs is 4. The molecule has 0 radical (unpaired) electrons. The highest BCUT2D eigenvalue weighted by atomic mass is 19.1. The number of primary amides is 1. The predicted octanol–water partition coefficient (Wildman–Crippen LogP) is 5.08. The molecule has 3 atom stereocenters. The Bertz CT molecular complexity index is 2040. The number of ether oxygens (including phenoxy) is 1. The first-order valence-corrected chi connectivity index (χ1v) is 15.6. The number of nitrogens with two attached hydrogens (primary N) is 2. The number of aromatic nitrogens is 3. The zero-order chi connectivity index (χ0) is 31.1. The van der Waals surface area contributed by atoms with E-state index in [4.69, 9.17) is 21.2 Å². The predicted molar refractivity (Wildman–Crippen MR) is 170 cm³/mol. The lowest BCUT2D eigenvalue weighted by atomic mass is 10.0. The summed E-state index contributed by atoms with van der Waals surface area (Å²) in [6, 6.07) is 16.1. The highest BCUT2D eigenvalue weighted by molar-refractivity contribution is 6.02. The van der Waals surface area contributed by atoms with Crippen molar-refractivity contribution < 1.29 is 18.7 Å². The second-order valence-corrected chi connectivity index (χ2v) is 12.9. The van der Waals surface area contributed by atoms with Crippen LogP contribution in [0, 0.1) is 17.7 Å². The number of benzene rings is 3. The molecule has 1 unspecified atom stereocenters. The van der Waals surface area contributed by atoms with Crippen LogP contribution < -0.4 is 16.2 Å². The average Bonchev–Trinajstić information content (AvgIpc) is 3.42. The maximum atomic E-state index is 15.4. The van der Waals surface area contributed by atoms with E-state index in [1.54, 1.807) is 19.2 Å². The number of aryl methyl sites for hydroxylation is 1. The van der Waals surface area contributed by atoms with Gasteiger partial charge in [0.05, 0.1) is 23.8 Å². The van der Waals surface area contributed by atoms with Crippen LogP contribution in [0.5, 0.6) is 5.75 Å². The van der Waals surface area contributed by atoms with E-state index < -0.39 is 11.7 Å². The molecule has 2 aliphatic carbocycles. The van der Waals surface area contributed by atoms with Gasteiger partial charge in [0, 0.05) is 59.9 Å². The number of carbonyl (C=O) groups is 2. The summed E-state index contributed by atoms with van der Waals surface area (Å²) in [4.78, 5) is 32.4. The number of halogens is 1. The average molecular weight is 607 g/mol. The fourth-order valence-electron chi connectivity index (χ4n) is 7.63. The summed E-state index contributed by atoms with van der Waals surface area (Å²) in [6.07, 6.45) is 4.28. The van der Waals surface area contributed by atoms with Crippen LogP contribution in [0.15, 0.2) is 54.6 Å². The number of hydrogen-bond acceptors (Lipinski definition) is 5. The minimum absolute atomic E-state index is 0.0360. The van der Waals surface area contributed by atoms with E-state index in [0.29, 0.717) is 40.8 Å².